The summed E-state index contributed by atoms with van der Waals surface area (Å²) in [5.41, 5.74) is -0.258. The summed E-state index contributed by atoms with van der Waals surface area (Å²) < 4.78 is 9.04. The van der Waals surface area contributed by atoms with Gasteiger partial charge in [0.05, 0.1) is 18.7 Å². The number of furan rings is 1. The van der Waals surface area contributed by atoms with E-state index in [2.05, 4.69) is 11.3 Å². The number of carbonyl (C=O) groups is 1. The third kappa shape index (κ3) is 2.26. The van der Waals surface area contributed by atoms with E-state index < -0.39 is 22.9 Å². The number of nitro groups is 1. The molecule has 0 aliphatic carbocycles. The molecule has 0 aliphatic rings. The first-order valence-electron chi connectivity index (χ1n) is 4.16. The van der Waals surface area contributed by atoms with Gasteiger partial charge >= 0.3 is 11.9 Å². The Kier molecular flexibility index (Phi) is 3.41. The number of rotatable bonds is 4. The SMILES string of the molecule is C=C(C(=O)OC)C(O)c1ccc([N+](=O)[O-])o1. The van der Waals surface area contributed by atoms with Crippen LogP contribution >= 0.6 is 0 Å². The molecule has 0 saturated carbocycles. The van der Waals surface area contributed by atoms with Crippen LogP contribution in [-0.4, -0.2) is 23.1 Å². The fourth-order valence-corrected chi connectivity index (χ4v) is 1.00. The lowest BCUT2D eigenvalue weighted by Crippen LogP contribution is -2.11. The van der Waals surface area contributed by atoms with E-state index >= 15 is 0 Å². The van der Waals surface area contributed by atoms with Crippen LogP contribution in [0.2, 0.25) is 0 Å². The first-order valence-corrected chi connectivity index (χ1v) is 4.16. The van der Waals surface area contributed by atoms with Crippen LogP contribution in [0.3, 0.4) is 0 Å². The number of nitrogens with zero attached hydrogens (tertiary/aromatic N) is 1. The van der Waals surface area contributed by atoms with Crippen molar-refractivity contribution < 1.29 is 24.0 Å². The van der Waals surface area contributed by atoms with E-state index in [0.29, 0.717) is 0 Å². The summed E-state index contributed by atoms with van der Waals surface area (Å²) >= 11 is 0. The molecule has 1 aromatic heterocycles. The molecule has 1 aromatic rings. The van der Waals surface area contributed by atoms with Crippen LogP contribution in [0.4, 0.5) is 5.88 Å². The van der Waals surface area contributed by atoms with Crippen LogP contribution in [-0.2, 0) is 9.53 Å². The second-order valence-electron chi connectivity index (χ2n) is 2.85. The summed E-state index contributed by atoms with van der Waals surface area (Å²) in [6, 6.07) is 2.26. The molecule has 0 aliphatic heterocycles. The number of hydrogen-bond donors (Lipinski definition) is 1. The third-order valence-corrected chi connectivity index (χ3v) is 1.84. The first kappa shape index (κ1) is 11.9. The smallest absolute Gasteiger partial charge is 0.433 e. The minimum atomic E-state index is -1.46. The molecule has 1 rings (SSSR count). The van der Waals surface area contributed by atoms with Gasteiger partial charge in [-0.3, -0.25) is 10.1 Å². The normalized spacial score (nSPS) is 11.9. The monoisotopic (exact) mass is 227 g/mol. The standard InChI is InChI=1S/C9H9NO6/c1-5(9(12)15-2)8(11)6-3-4-7(16-6)10(13)14/h3-4,8,11H,1H2,2H3. The van der Waals surface area contributed by atoms with Gasteiger partial charge in [-0.25, -0.2) is 4.79 Å². The Hall–Kier alpha value is -2.15. The molecule has 1 N–H and O–H groups in total. The highest BCUT2D eigenvalue weighted by molar-refractivity contribution is 5.88. The predicted octanol–water partition coefficient (Wildman–Crippen LogP) is 0.950. The Morgan fingerprint density at radius 1 is 1.69 bits per heavy atom. The maximum absolute atomic E-state index is 11.0. The Balaban J connectivity index is 2.88. The van der Waals surface area contributed by atoms with Crippen molar-refractivity contribution >= 4 is 11.9 Å². The number of hydrogen-bond acceptors (Lipinski definition) is 6. The first-order chi connectivity index (χ1) is 7.47. The van der Waals surface area contributed by atoms with Gasteiger partial charge < -0.3 is 14.3 Å². The Morgan fingerprint density at radius 2 is 2.31 bits per heavy atom. The predicted molar refractivity (Wildman–Crippen MR) is 51.5 cm³/mol. The lowest BCUT2D eigenvalue weighted by Gasteiger charge is -2.08. The molecular weight excluding hydrogens is 218 g/mol. The molecular formula is C9H9NO6. The van der Waals surface area contributed by atoms with Crippen molar-refractivity contribution in [2.75, 3.05) is 7.11 Å². The van der Waals surface area contributed by atoms with Crippen molar-refractivity contribution in [1.82, 2.24) is 0 Å². The van der Waals surface area contributed by atoms with E-state index in [1.54, 1.807) is 0 Å². The van der Waals surface area contributed by atoms with E-state index in [9.17, 15) is 20.0 Å². The fourth-order valence-electron chi connectivity index (χ4n) is 1.00. The van der Waals surface area contributed by atoms with Gasteiger partial charge in [0.1, 0.15) is 16.8 Å². The van der Waals surface area contributed by atoms with Gasteiger partial charge in [-0.15, -0.1) is 0 Å². The van der Waals surface area contributed by atoms with Crippen LogP contribution < -0.4 is 0 Å². The van der Waals surface area contributed by atoms with Gasteiger partial charge in [-0.05, 0) is 6.07 Å². The van der Waals surface area contributed by atoms with Crippen molar-refractivity contribution in [3.8, 4) is 0 Å². The molecule has 86 valence electrons. The van der Waals surface area contributed by atoms with Crippen molar-refractivity contribution in [2.24, 2.45) is 0 Å². The number of aliphatic hydroxyl groups excluding tert-OH is 1. The Bertz CT molecular complexity index is 435. The van der Waals surface area contributed by atoms with Crippen molar-refractivity contribution in [1.29, 1.82) is 0 Å². The van der Waals surface area contributed by atoms with Gasteiger partial charge in [-0.2, -0.15) is 0 Å². The minimum absolute atomic E-state index is 0.137. The van der Waals surface area contributed by atoms with Crippen LogP contribution in [0, 0.1) is 10.1 Å². The van der Waals surface area contributed by atoms with Crippen LogP contribution in [0.5, 0.6) is 0 Å². The summed E-state index contributed by atoms with van der Waals surface area (Å²) in [5.74, 6) is -1.47. The number of carbonyl (C=O) groups excluding carboxylic acids is 1. The Morgan fingerprint density at radius 3 is 2.75 bits per heavy atom. The van der Waals surface area contributed by atoms with E-state index in [4.69, 9.17) is 4.42 Å². The Labute approximate surface area is 90.1 Å². The second-order valence-corrected chi connectivity index (χ2v) is 2.85. The summed E-state index contributed by atoms with van der Waals surface area (Å²) in [7, 11) is 1.13. The molecule has 1 atom stereocenters. The molecule has 0 fully saturated rings. The van der Waals surface area contributed by atoms with E-state index in [-0.39, 0.29) is 11.3 Å². The molecule has 16 heavy (non-hydrogen) atoms. The van der Waals surface area contributed by atoms with E-state index in [1.807, 2.05) is 0 Å². The van der Waals surface area contributed by atoms with Crippen LogP contribution in [0.1, 0.15) is 11.9 Å². The molecule has 0 radical (unpaired) electrons. The zero-order valence-electron chi connectivity index (χ0n) is 8.37. The van der Waals surface area contributed by atoms with E-state index in [1.165, 1.54) is 6.07 Å². The lowest BCUT2D eigenvalue weighted by molar-refractivity contribution is -0.402. The largest absolute Gasteiger partial charge is 0.466 e. The molecule has 0 spiro atoms. The summed E-state index contributed by atoms with van der Waals surface area (Å²) in [5, 5.41) is 19.9. The van der Waals surface area contributed by atoms with Gasteiger partial charge in [0.15, 0.2) is 0 Å². The highest BCUT2D eigenvalue weighted by Crippen LogP contribution is 2.26. The number of ether oxygens (including phenoxy) is 1. The molecule has 0 aromatic carbocycles. The van der Waals surface area contributed by atoms with Crippen molar-refractivity contribution in [3.05, 3.63) is 40.2 Å². The van der Waals surface area contributed by atoms with E-state index in [0.717, 1.165) is 13.2 Å². The zero-order valence-corrected chi connectivity index (χ0v) is 8.37. The minimum Gasteiger partial charge on any atom is -0.466 e. The van der Waals surface area contributed by atoms with Gasteiger partial charge in [-0.1, -0.05) is 6.58 Å². The highest BCUT2D eigenvalue weighted by Gasteiger charge is 2.24. The summed E-state index contributed by atoms with van der Waals surface area (Å²) in [4.78, 5) is 20.6. The zero-order chi connectivity index (χ0) is 12.3. The fraction of sp³-hybridized carbons (Fsp3) is 0.222. The maximum Gasteiger partial charge on any atom is 0.433 e. The molecule has 0 amide bonds. The van der Waals surface area contributed by atoms with Gasteiger partial charge in [0.25, 0.3) is 0 Å². The molecule has 1 heterocycles. The topological polar surface area (TPSA) is 103 Å². The maximum atomic E-state index is 11.0. The van der Waals surface area contributed by atoms with Crippen LogP contribution in [0.15, 0.2) is 28.7 Å². The molecule has 1 unspecified atom stereocenters. The van der Waals surface area contributed by atoms with Crippen LogP contribution in [0.25, 0.3) is 0 Å². The average molecular weight is 227 g/mol. The molecule has 7 heteroatoms. The highest BCUT2D eigenvalue weighted by atomic mass is 16.6. The molecule has 0 bridgehead atoms. The average Bonchev–Trinajstić information content (AvgIpc) is 2.75. The second kappa shape index (κ2) is 4.58. The summed E-state index contributed by atoms with van der Waals surface area (Å²) in [6.45, 7) is 3.30. The number of aliphatic hydroxyl groups is 1. The van der Waals surface area contributed by atoms with Crippen molar-refractivity contribution in [3.63, 3.8) is 0 Å². The van der Waals surface area contributed by atoms with Gasteiger partial charge in [0.2, 0.25) is 0 Å². The summed E-state index contributed by atoms with van der Waals surface area (Å²) in [6.07, 6.45) is -1.46. The number of methoxy groups -OCH3 is 1. The van der Waals surface area contributed by atoms with Gasteiger partial charge in [0, 0.05) is 0 Å². The quantitative estimate of drug-likeness (QED) is 0.355. The third-order valence-electron chi connectivity index (χ3n) is 1.84. The lowest BCUT2D eigenvalue weighted by atomic mass is 10.1. The molecule has 7 nitrogen and oxygen atoms in total. The molecule has 0 saturated heterocycles. The van der Waals surface area contributed by atoms with Crippen molar-refractivity contribution in [2.45, 2.75) is 6.10 Å². The number of esters is 1.